The van der Waals surface area contributed by atoms with Gasteiger partial charge in [-0.25, -0.2) is 9.79 Å². The lowest BCUT2D eigenvalue weighted by Crippen LogP contribution is -2.13. The average Bonchev–Trinajstić information content (AvgIpc) is 2.12. The number of rotatable bonds is 1. The summed E-state index contributed by atoms with van der Waals surface area (Å²) in [6.07, 6.45) is 5.75. The summed E-state index contributed by atoms with van der Waals surface area (Å²) in [5.74, 6) is -1.48. The van der Waals surface area contributed by atoms with Crippen molar-refractivity contribution in [1.29, 1.82) is 0 Å². The minimum Gasteiger partial charge on any atom is -0.474 e. The van der Waals surface area contributed by atoms with Crippen LogP contribution >= 0.6 is 0 Å². The Bertz CT molecular complexity index is 227. The number of aliphatic carboxylic acids is 1. The molecule has 0 atom stereocenters. The molecule has 0 unspecified atom stereocenters. The van der Waals surface area contributed by atoms with Gasteiger partial charge in [-0.2, -0.15) is 0 Å². The van der Waals surface area contributed by atoms with Crippen LogP contribution in [0.5, 0.6) is 0 Å². The summed E-state index contributed by atoms with van der Waals surface area (Å²) in [4.78, 5) is 13.7. The first kappa shape index (κ1) is 6.54. The molecule has 4 heteroatoms. The van der Waals surface area contributed by atoms with Crippen molar-refractivity contribution in [3.63, 3.8) is 0 Å². The van der Waals surface area contributed by atoms with Gasteiger partial charge >= 0.3 is 11.9 Å². The summed E-state index contributed by atoms with van der Waals surface area (Å²) >= 11 is 0. The Balaban J connectivity index is 2.78. The van der Waals surface area contributed by atoms with Crippen LogP contribution in [-0.2, 0) is 9.53 Å². The summed E-state index contributed by atoms with van der Waals surface area (Å²) in [7, 11) is 0. The summed E-state index contributed by atoms with van der Waals surface area (Å²) in [6, 6.07) is 0. The third-order valence-electron chi connectivity index (χ3n) is 0.830. The van der Waals surface area contributed by atoms with E-state index in [1.807, 2.05) is 0 Å². The number of carboxylic acid groups (broad SMARTS) is 1. The molecular weight excluding hydrogens is 134 g/mol. The van der Waals surface area contributed by atoms with Crippen molar-refractivity contribution in [1.82, 2.24) is 0 Å². The van der Waals surface area contributed by atoms with Crippen molar-refractivity contribution in [3.8, 4) is 0 Å². The molecule has 0 radical (unpaired) electrons. The van der Waals surface area contributed by atoms with Crippen LogP contribution in [0.1, 0.15) is 0 Å². The van der Waals surface area contributed by atoms with Crippen LogP contribution in [0.2, 0.25) is 0 Å². The Hall–Kier alpha value is -1.58. The molecular formula is C6H5NO3. The van der Waals surface area contributed by atoms with Crippen molar-refractivity contribution in [2.75, 3.05) is 0 Å². The van der Waals surface area contributed by atoms with E-state index in [-0.39, 0.29) is 5.90 Å². The van der Waals surface area contributed by atoms with Crippen molar-refractivity contribution in [2.45, 2.75) is 0 Å². The molecule has 0 bridgehead atoms. The van der Waals surface area contributed by atoms with Crippen molar-refractivity contribution >= 4 is 11.9 Å². The number of aliphatic imine (C=N–C) groups is 1. The second kappa shape index (κ2) is 2.82. The summed E-state index contributed by atoms with van der Waals surface area (Å²) < 4.78 is 4.57. The molecule has 0 aromatic heterocycles. The molecule has 0 fully saturated rings. The van der Waals surface area contributed by atoms with E-state index in [4.69, 9.17) is 5.11 Å². The van der Waals surface area contributed by atoms with Gasteiger partial charge in [0.05, 0.1) is 6.26 Å². The minimum absolute atomic E-state index is 0.315. The molecule has 0 aromatic carbocycles. The first-order chi connectivity index (χ1) is 4.80. The summed E-state index contributed by atoms with van der Waals surface area (Å²) in [5, 5.41) is 8.34. The third kappa shape index (κ3) is 1.45. The van der Waals surface area contributed by atoms with Crippen LogP contribution in [0.15, 0.2) is 29.6 Å². The zero-order chi connectivity index (χ0) is 7.40. The molecule has 1 heterocycles. The van der Waals surface area contributed by atoms with Gasteiger partial charge in [0, 0.05) is 6.20 Å². The molecule has 0 amide bonds. The predicted octanol–water partition coefficient (Wildman–Crippen LogP) is 0.527. The van der Waals surface area contributed by atoms with E-state index in [0.717, 1.165) is 0 Å². The fourth-order valence-electron chi connectivity index (χ4n) is 0.446. The maximum Gasteiger partial charge on any atom is 0.392 e. The zero-order valence-corrected chi connectivity index (χ0v) is 5.02. The van der Waals surface area contributed by atoms with Gasteiger partial charge in [-0.3, -0.25) is 0 Å². The topological polar surface area (TPSA) is 58.9 Å². The Kier molecular flexibility index (Phi) is 1.84. The molecule has 52 valence electrons. The Morgan fingerprint density at radius 2 is 2.40 bits per heavy atom. The van der Waals surface area contributed by atoms with Gasteiger partial charge in [0.25, 0.3) is 0 Å². The molecule has 1 aliphatic rings. The first-order valence-electron chi connectivity index (χ1n) is 2.60. The number of carboxylic acids is 1. The van der Waals surface area contributed by atoms with Gasteiger partial charge in [-0.1, -0.05) is 0 Å². The van der Waals surface area contributed by atoms with E-state index in [0.29, 0.717) is 0 Å². The minimum atomic E-state index is -1.17. The second-order valence-corrected chi connectivity index (χ2v) is 1.53. The highest BCUT2D eigenvalue weighted by atomic mass is 16.5. The van der Waals surface area contributed by atoms with Crippen LogP contribution in [0, 0.1) is 0 Å². The van der Waals surface area contributed by atoms with Crippen LogP contribution in [0.25, 0.3) is 0 Å². The smallest absolute Gasteiger partial charge is 0.392 e. The number of carbonyl (C=O) groups is 1. The van der Waals surface area contributed by atoms with E-state index in [2.05, 4.69) is 9.73 Å². The van der Waals surface area contributed by atoms with E-state index in [1.54, 1.807) is 12.2 Å². The molecule has 1 rings (SSSR count). The number of hydrogen-bond acceptors (Lipinski definition) is 3. The fraction of sp³-hybridized carbons (Fsp3) is 0. The Morgan fingerprint density at radius 1 is 1.60 bits per heavy atom. The molecule has 1 N–H and O–H groups in total. The van der Waals surface area contributed by atoms with E-state index < -0.39 is 5.97 Å². The highest BCUT2D eigenvalue weighted by Gasteiger charge is 2.08. The molecule has 10 heavy (non-hydrogen) atoms. The van der Waals surface area contributed by atoms with Crippen molar-refractivity contribution < 1.29 is 14.6 Å². The van der Waals surface area contributed by atoms with Gasteiger partial charge < -0.3 is 9.84 Å². The summed E-state index contributed by atoms with van der Waals surface area (Å²) in [5.41, 5.74) is 0. The number of allylic oxidation sites excluding steroid dienone is 2. The van der Waals surface area contributed by atoms with Gasteiger partial charge in [-0.15, -0.1) is 0 Å². The molecule has 4 nitrogen and oxygen atoms in total. The highest BCUT2D eigenvalue weighted by Crippen LogP contribution is 1.92. The van der Waals surface area contributed by atoms with Gasteiger partial charge in [-0.05, 0) is 12.2 Å². The van der Waals surface area contributed by atoms with E-state index in [1.165, 1.54) is 12.5 Å². The molecule has 0 aromatic rings. The van der Waals surface area contributed by atoms with Crippen LogP contribution in [-0.4, -0.2) is 17.0 Å². The maximum atomic E-state index is 10.2. The lowest BCUT2D eigenvalue weighted by molar-refractivity contribution is -0.130. The Labute approximate surface area is 57.1 Å². The summed E-state index contributed by atoms with van der Waals surface area (Å²) in [6.45, 7) is 0. The Morgan fingerprint density at radius 3 is 3.10 bits per heavy atom. The van der Waals surface area contributed by atoms with Crippen LogP contribution in [0.3, 0.4) is 0 Å². The number of hydrogen-bond donors (Lipinski definition) is 1. The monoisotopic (exact) mass is 139 g/mol. The average molecular weight is 139 g/mol. The highest BCUT2D eigenvalue weighted by molar-refractivity contribution is 6.32. The lowest BCUT2D eigenvalue weighted by Gasteiger charge is -1.93. The fourth-order valence-corrected chi connectivity index (χ4v) is 0.446. The molecule has 0 aliphatic carbocycles. The van der Waals surface area contributed by atoms with Crippen molar-refractivity contribution in [3.05, 3.63) is 24.6 Å². The molecule has 0 saturated heterocycles. The van der Waals surface area contributed by atoms with Crippen LogP contribution in [0.4, 0.5) is 0 Å². The lowest BCUT2D eigenvalue weighted by atomic mass is 10.6. The SMILES string of the molecule is O=C(O)C1=NC=CC=CO1. The molecule has 0 saturated carbocycles. The van der Waals surface area contributed by atoms with Gasteiger partial charge in [0.15, 0.2) is 0 Å². The first-order valence-corrected chi connectivity index (χ1v) is 2.60. The molecule has 0 spiro atoms. The van der Waals surface area contributed by atoms with Gasteiger partial charge in [0.1, 0.15) is 0 Å². The number of ether oxygens (including phenoxy) is 1. The van der Waals surface area contributed by atoms with E-state index in [9.17, 15) is 4.79 Å². The van der Waals surface area contributed by atoms with Crippen molar-refractivity contribution in [2.24, 2.45) is 4.99 Å². The maximum absolute atomic E-state index is 10.2. The van der Waals surface area contributed by atoms with Crippen LogP contribution < -0.4 is 0 Å². The molecule has 1 aliphatic heterocycles. The second-order valence-electron chi connectivity index (χ2n) is 1.53. The van der Waals surface area contributed by atoms with Gasteiger partial charge in [0.2, 0.25) is 0 Å². The quantitative estimate of drug-likeness (QED) is 0.576. The number of nitrogens with zero attached hydrogens (tertiary/aromatic N) is 1. The standard InChI is InChI=1S/C6H5NO3/c8-6(9)5-7-3-1-2-4-10-5/h1-4H,(H,8,9). The third-order valence-corrected chi connectivity index (χ3v) is 0.830. The zero-order valence-electron chi connectivity index (χ0n) is 5.02. The largest absolute Gasteiger partial charge is 0.474 e. The predicted molar refractivity (Wildman–Crippen MR) is 34.4 cm³/mol. The normalized spacial score (nSPS) is 15.4. The van der Waals surface area contributed by atoms with E-state index >= 15 is 0 Å².